The van der Waals surface area contributed by atoms with Crippen LogP contribution in [-0.2, 0) is 47.9 Å². The van der Waals surface area contributed by atoms with Gasteiger partial charge >= 0.3 is 112 Å². The molecule has 0 radical (unpaired) electrons. The van der Waals surface area contributed by atoms with Crippen molar-refractivity contribution in [3.63, 3.8) is 0 Å². The zero-order valence-electron chi connectivity index (χ0n) is 26.9. The van der Waals surface area contributed by atoms with E-state index in [2.05, 4.69) is 157 Å². The van der Waals surface area contributed by atoms with E-state index in [1.165, 1.54) is 43.8 Å². The third kappa shape index (κ3) is 11.4. The van der Waals surface area contributed by atoms with Gasteiger partial charge in [0.05, 0.1) is 0 Å². The van der Waals surface area contributed by atoms with E-state index >= 15 is 0 Å². The Labute approximate surface area is 301 Å². The van der Waals surface area contributed by atoms with Gasteiger partial charge in [-0.3, -0.25) is 6.08 Å². The molecule has 0 saturated heterocycles. The van der Waals surface area contributed by atoms with Gasteiger partial charge in [0, 0.05) is 0 Å². The van der Waals surface area contributed by atoms with Crippen molar-refractivity contribution in [3.8, 4) is 0 Å². The first kappa shape index (κ1) is 38.1. The van der Waals surface area contributed by atoms with Crippen LogP contribution in [0.4, 0.5) is 0 Å². The summed E-state index contributed by atoms with van der Waals surface area (Å²) in [4.78, 5) is 0. The molecule has 0 saturated carbocycles. The van der Waals surface area contributed by atoms with Crippen molar-refractivity contribution in [2.45, 2.75) is 71.6 Å². The number of rotatable bonds is 4. The summed E-state index contributed by atoms with van der Waals surface area (Å²) < 4.78 is 1.60. The standard InChI is InChI=1S/C21H25.C15H14.C5H5.2BrH.Zr/c1-20(2,3)16-7-9-18-14(12-16)11-15-13-17(21(4,5)6)8-10-19(15)18;1-3-8-14(9-4-1)12-7-13-15-10-5-2-6-11-15;1-2-4-5-3-1;;;/h7-13H,1-6H3;1-6,8-11H,12-13H2;1-3H,4H2;2*1H;/q-1;;-1;;;+2/p-2. The molecule has 0 amide bonds. The van der Waals surface area contributed by atoms with E-state index < -0.39 is 0 Å². The van der Waals surface area contributed by atoms with Gasteiger partial charge in [-0.2, -0.15) is 6.08 Å². The summed E-state index contributed by atoms with van der Waals surface area (Å²) in [7, 11) is 0. The van der Waals surface area contributed by atoms with Crippen LogP contribution in [0.3, 0.4) is 0 Å². The van der Waals surface area contributed by atoms with Gasteiger partial charge in [0.15, 0.2) is 0 Å². The maximum atomic E-state index is 2.99. The van der Waals surface area contributed by atoms with Crippen LogP contribution in [0.1, 0.15) is 70.2 Å². The quantitative estimate of drug-likeness (QED) is 0.230. The van der Waals surface area contributed by atoms with Crippen LogP contribution in [0.25, 0.3) is 21.5 Å². The van der Waals surface area contributed by atoms with Crippen molar-refractivity contribution in [1.29, 1.82) is 0 Å². The predicted molar refractivity (Wildman–Crippen MR) is 181 cm³/mol. The van der Waals surface area contributed by atoms with Crippen LogP contribution in [0.2, 0.25) is 0 Å². The first-order chi connectivity index (χ1) is 20.0. The molecule has 44 heavy (non-hydrogen) atoms. The Bertz CT molecular complexity index is 1540. The van der Waals surface area contributed by atoms with Crippen LogP contribution < -0.4 is 34.0 Å². The molecule has 0 atom stereocenters. The molecule has 0 nitrogen and oxygen atoms in total. The van der Waals surface area contributed by atoms with Crippen molar-refractivity contribution < 1.29 is 58.2 Å². The molecule has 0 aliphatic heterocycles. The second-order valence-corrected chi connectivity index (χ2v) is 14.9. The number of fused-ring (bicyclic) bond motifs is 3. The molecule has 0 heterocycles. The summed E-state index contributed by atoms with van der Waals surface area (Å²) in [5.74, 6) is 0. The van der Waals surface area contributed by atoms with Crippen LogP contribution in [0, 0.1) is 6.08 Å². The van der Waals surface area contributed by atoms with E-state index in [4.69, 9.17) is 0 Å². The normalized spacial score (nSPS) is 12.0. The third-order valence-corrected chi connectivity index (χ3v) is 8.41. The van der Waals surface area contributed by atoms with E-state index in [0.717, 1.165) is 19.3 Å². The Kier molecular flexibility index (Phi) is 15.2. The molecule has 228 valence electrons. The van der Waals surface area contributed by atoms with Gasteiger partial charge in [-0.1, -0.05) is 76.9 Å². The average molecular weight is 788 g/mol. The summed E-state index contributed by atoms with van der Waals surface area (Å²) in [6.45, 7) is 13.6. The minimum absolute atomic E-state index is 0. The number of hydrogen-bond donors (Lipinski definition) is 0. The average Bonchev–Trinajstić information content (AvgIpc) is 3.65. The van der Waals surface area contributed by atoms with Crippen molar-refractivity contribution >= 4 is 24.8 Å². The third-order valence-electron chi connectivity index (χ3n) is 7.54. The molecule has 0 bridgehead atoms. The molecule has 1 aliphatic rings. The van der Waals surface area contributed by atoms with E-state index in [1.54, 1.807) is 27.4 Å². The number of benzene rings is 4. The fourth-order valence-corrected chi connectivity index (χ4v) is 6.05. The second kappa shape index (κ2) is 17.6. The van der Waals surface area contributed by atoms with E-state index in [9.17, 15) is 0 Å². The molecule has 0 fully saturated rings. The van der Waals surface area contributed by atoms with Crippen molar-refractivity contribution in [2.75, 3.05) is 0 Å². The first-order valence-electron chi connectivity index (χ1n) is 15.0. The molecule has 3 heteroatoms. The predicted octanol–water partition coefficient (Wildman–Crippen LogP) is 4.81. The molecular formula is C41H44Br2Zr-2. The van der Waals surface area contributed by atoms with E-state index in [1.807, 2.05) is 12.2 Å². The van der Waals surface area contributed by atoms with Gasteiger partial charge < -0.3 is 34.0 Å². The van der Waals surface area contributed by atoms with Gasteiger partial charge in [-0.15, -0.1) is 46.2 Å². The van der Waals surface area contributed by atoms with Crippen LogP contribution in [0.5, 0.6) is 0 Å². The fourth-order valence-electron chi connectivity index (χ4n) is 5.04. The van der Waals surface area contributed by atoms with Gasteiger partial charge in [0.1, 0.15) is 0 Å². The Morgan fingerprint density at radius 3 is 1.41 bits per heavy atom. The SMILES string of the molecule is CC(C)(C)c1ccc2c(c1)[cH-]c1cc(C(C)(C)C)ccc12.[Br-].[Br-].[C-]1=CC=CC1.[Zr+2]=[C](Cc1ccccc1)Cc1ccccc1. The topological polar surface area (TPSA) is 0 Å². The van der Waals surface area contributed by atoms with Gasteiger partial charge in [-0.05, 0) is 10.8 Å². The summed E-state index contributed by atoms with van der Waals surface area (Å²) in [5, 5.41) is 5.48. The molecule has 0 unspecified atom stereocenters. The number of hydrogen-bond acceptors (Lipinski definition) is 0. The zero-order valence-corrected chi connectivity index (χ0v) is 32.6. The monoisotopic (exact) mass is 784 g/mol. The molecule has 5 aromatic carbocycles. The Morgan fingerprint density at radius 1 is 0.659 bits per heavy atom. The van der Waals surface area contributed by atoms with Crippen LogP contribution in [0.15, 0.2) is 121 Å². The van der Waals surface area contributed by atoms with E-state index in [-0.39, 0.29) is 44.8 Å². The van der Waals surface area contributed by atoms with Crippen molar-refractivity contribution in [2.24, 2.45) is 0 Å². The summed E-state index contributed by atoms with van der Waals surface area (Å²) in [6, 6.07) is 37.6. The van der Waals surface area contributed by atoms with Crippen LogP contribution >= 0.6 is 0 Å². The Balaban J connectivity index is 0.000000260. The first-order valence-corrected chi connectivity index (χ1v) is 16.2. The van der Waals surface area contributed by atoms with Crippen molar-refractivity contribution in [1.82, 2.24) is 0 Å². The number of allylic oxidation sites excluding steroid dienone is 4. The molecule has 5 aromatic rings. The maximum absolute atomic E-state index is 2.99. The minimum atomic E-state index is 0. The van der Waals surface area contributed by atoms with E-state index in [0.29, 0.717) is 0 Å². The van der Waals surface area contributed by atoms with Crippen molar-refractivity contribution in [3.05, 3.63) is 150 Å². The van der Waals surface area contributed by atoms with Gasteiger partial charge in [0.2, 0.25) is 0 Å². The summed E-state index contributed by atoms with van der Waals surface area (Å²) >= 11 is 1.55. The molecule has 0 spiro atoms. The molecule has 0 N–H and O–H groups in total. The molecule has 6 rings (SSSR count). The summed E-state index contributed by atoms with van der Waals surface area (Å²) in [6.07, 6.45) is 12.2. The molecular weight excluding hydrogens is 743 g/mol. The molecule has 0 aromatic heterocycles. The van der Waals surface area contributed by atoms with Gasteiger partial charge in [0.25, 0.3) is 0 Å². The Hall–Kier alpha value is -2.06. The van der Waals surface area contributed by atoms with Crippen LogP contribution in [-0.4, -0.2) is 3.21 Å². The zero-order chi connectivity index (χ0) is 30.2. The molecule has 1 aliphatic carbocycles. The number of halogens is 2. The fraction of sp³-hybridized carbons (Fsp3) is 0.268. The Morgan fingerprint density at radius 2 is 1.09 bits per heavy atom. The van der Waals surface area contributed by atoms with Gasteiger partial charge in [-0.25, -0.2) is 12.2 Å². The second-order valence-electron chi connectivity index (χ2n) is 13.2. The summed E-state index contributed by atoms with van der Waals surface area (Å²) in [5.41, 5.74) is 6.06.